The molecule has 0 rings (SSSR count). The monoisotopic (exact) mass is 245 g/mol. The fraction of sp³-hybridized carbons (Fsp3) is 1.00. The molecule has 0 aromatic rings. The van der Waals surface area contributed by atoms with E-state index >= 15 is 0 Å². The molecule has 0 aromatic carbocycles. The van der Waals surface area contributed by atoms with E-state index in [4.69, 9.17) is 0 Å². The summed E-state index contributed by atoms with van der Waals surface area (Å²) in [5, 5.41) is 0. The van der Waals surface area contributed by atoms with Crippen LogP contribution in [0.5, 0.6) is 0 Å². The van der Waals surface area contributed by atoms with Gasteiger partial charge in [0.25, 0.3) is 0 Å². The van der Waals surface area contributed by atoms with Crippen molar-refractivity contribution >= 4 is 0 Å². The Morgan fingerprint density at radius 3 is 1.00 bits per heavy atom. The summed E-state index contributed by atoms with van der Waals surface area (Å²) in [4.78, 5) is 4.36. The van der Waals surface area contributed by atoms with Crippen LogP contribution in [0.4, 0.5) is 0 Å². The Morgan fingerprint density at radius 1 is 0.727 bits per heavy atom. The Kier molecular flexibility index (Phi) is 28.0. The van der Waals surface area contributed by atoms with Gasteiger partial charge in [0.1, 0.15) is 0 Å². The van der Waals surface area contributed by atoms with E-state index in [-0.39, 0.29) is 41.6 Å². The van der Waals surface area contributed by atoms with E-state index in [0.717, 1.165) is 13.1 Å². The molecule has 0 saturated heterocycles. The zero-order valence-corrected chi connectivity index (χ0v) is 9.95. The Hall–Kier alpha value is 1.01. The molecule has 73 valence electrons. The van der Waals surface area contributed by atoms with Crippen molar-refractivity contribution in [2.24, 2.45) is 0 Å². The number of hydrogen-bond acceptors (Lipinski definition) is 2. The molecule has 0 heterocycles. The maximum absolute atomic E-state index is 2.18. The van der Waals surface area contributed by atoms with E-state index in [0.29, 0.717) is 0 Å². The van der Waals surface area contributed by atoms with E-state index in [1.54, 1.807) is 0 Å². The standard InChI is InChI=1S/C6H16N2.2ClH.Co/c1-7(2)5-6-8(3)4;;;/h5-6H2,1-4H3;2*1H;/q;;;+2/p-2. The second-order valence-electron chi connectivity index (χ2n) is 2.61. The topological polar surface area (TPSA) is 6.48 Å². The van der Waals surface area contributed by atoms with Gasteiger partial charge in [0.05, 0.1) is 0 Å². The van der Waals surface area contributed by atoms with Gasteiger partial charge >= 0.3 is 16.8 Å². The molecular weight excluding hydrogens is 230 g/mol. The maximum Gasteiger partial charge on any atom is 2.00 e. The van der Waals surface area contributed by atoms with Gasteiger partial charge in [-0.05, 0) is 28.2 Å². The van der Waals surface area contributed by atoms with Crippen molar-refractivity contribution in [1.29, 1.82) is 0 Å². The first-order chi connectivity index (χ1) is 3.63. The molecule has 0 amide bonds. The Morgan fingerprint density at radius 2 is 0.909 bits per heavy atom. The van der Waals surface area contributed by atoms with Crippen LogP contribution < -0.4 is 24.8 Å². The van der Waals surface area contributed by atoms with Crippen LogP contribution in [-0.2, 0) is 16.8 Å². The average Bonchev–Trinajstić information content (AvgIpc) is 1.61. The fourth-order valence-corrected chi connectivity index (χ4v) is 0.400. The van der Waals surface area contributed by atoms with Gasteiger partial charge in [-0.1, -0.05) is 0 Å². The summed E-state index contributed by atoms with van der Waals surface area (Å²) in [5.41, 5.74) is 0. The number of nitrogens with zero attached hydrogens (tertiary/aromatic N) is 2. The minimum Gasteiger partial charge on any atom is -1.00 e. The maximum atomic E-state index is 2.18. The molecule has 0 aromatic heterocycles. The number of halogens is 2. The van der Waals surface area contributed by atoms with Crippen molar-refractivity contribution in [3.05, 3.63) is 0 Å². The first-order valence-corrected chi connectivity index (χ1v) is 2.92. The van der Waals surface area contributed by atoms with Gasteiger partial charge in [-0.25, -0.2) is 0 Å². The molecule has 0 aliphatic rings. The largest absolute Gasteiger partial charge is 2.00 e. The van der Waals surface area contributed by atoms with Crippen LogP contribution >= 0.6 is 0 Å². The Labute approximate surface area is 92.7 Å². The molecule has 0 spiro atoms. The molecule has 2 nitrogen and oxygen atoms in total. The molecule has 11 heavy (non-hydrogen) atoms. The molecule has 0 fully saturated rings. The second kappa shape index (κ2) is 13.6. The predicted octanol–water partition coefficient (Wildman–Crippen LogP) is -5.88. The van der Waals surface area contributed by atoms with Crippen LogP contribution in [0.25, 0.3) is 0 Å². The molecule has 0 N–H and O–H groups in total. The summed E-state index contributed by atoms with van der Waals surface area (Å²) < 4.78 is 0. The summed E-state index contributed by atoms with van der Waals surface area (Å²) in [7, 11) is 8.35. The Balaban J connectivity index is -0.0000000817. The zero-order chi connectivity index (χ0) is 6.57. The summed E-state index contributed by atoms with van der Waals surface area (Å²) >= 11 is 0. The zero-order valence-electron chi connectivity index (χ0n) is 7.40. The van der Waals surface area contributed by atoms with Gasteiger partial charge in [0.15, 0.2) is 0 Å². The first-order valence-electron chi connectivity index (χ1n) is 2.92. The normalized spacial score (nSPS) is 8.18. The molecule has 5 heteroatoms. The molecule has 0 saturated carbocycles. The number of likely N-dealkylation sites (N-methyl/N-ethyl adjacent to an activating group) is 2. The van der Waals surface area contributed by atoms with E-state index in [9.17, 15) is 0 Å². The predicted molar refractivity (Wildman–Crippen MR) is 37.1 cm³/mol. The molecule has 0 aliphatic carbocycles. The fourth-order valence-electron chi connectivity index (χ4n) is 0.400. The van der Waals surface area contributed by atoms with Crippen molar-refractivity contribution in [1.82, 2.24) is 9.80 Å². The second-order valence-corrected chi connectivity index (χ2v) is 2.61. The van der Waals surface area contributed by atoms with E-state index in [1.165, 1.54) is 0 Å². The minimum atomic E-state index is 0. The first kappa shape index (κ1) is 22.7. The Bertz CT molecular complexity index is 54.5. The molecule has 1 radical (unpaired) electrons. The summed E-state index contributed by atoms with van der Waals surface area (Å²) in [6.45, 7) is 2.29. The molecule has 0 aliphatic heterocycles. The van der Waals surface area contributed by atoms with E-state index in [2.05, 4.69) is 38.0 Å². The van der Waals surface area contributed by atoms with Crippen LogP contribution in [0.15, 0.2) is 0 Å². The summed E-state index contributed by atoms with van der Waals surface area (Å²) in [5.74, 6) is 0. The quantitative estimate of drug-likeness (QED) is 0.489. The number of hydrogen-bond donors (Lipinski definition) is 0. The van der Waals surface area contributed by atoms with Crippen molar-refractivity contribution in [3.63, 3.8) is 0 Å². The van der Waals surface area contributed by atoms with Crippen LogP contribution in [0, 0.1) is 0 Å². The third kappa shape index (κ3) is 24.7. The van der Waals surface area contributed by atoms with Crippen molar-refractivity contribution in [3.8, 4) is 0 Å². The number of rotatable bonds is 3. The SMILES string of the molecule is CN(C)CCN(C)C.[Cl-].[Cl-].[Co+2]. The van der Waals surface area contributed by atoms with E-state index in [1.807, 2.05) is 0 Å². The van der Waals surface area contributed by atoms with Gasteiger partial charge in [0, 0.05) is 13.1 Å². The third-order valence-corrected chi connectivity index (χ3v) is 0.994. The molecule has 0 atom stereocenters. The van der Waals surface area contributed by atoms with Crippen LogP contribution in [0.3, 0.4) is 0 Å². The smallest absolute Gasteiger partial charge is 1.00 e. The van der Waals surface area contributed by atoms with Crippen molar-refractivity contribution in [2.45, 2.75) is 0 Å². The van der Waals surface area contributed by atoms with Gasteiger partial charge in [-0.2, -0.15) is 0 Å². The van der Waals surface area contributed by atoms with Gasteiger partial charge in [0.2, 0.25) is 0 Å². The third-order valence-electron chi connectivity index (χ3n) is 0.994. The van der Waals surface area contributed by atoms with E-state index < -0.39 is 0 Å². The van der Waals surface area contributed by atoms with Crippen LogP contribution in [0.2, 0.25) is 0 Å². The van der Waals surface area contributed by atoms with Gasteiger partial charge in [-0.3, -0.25) is 0 Å². The summed E-state index contributed by atoms with van der Waals surface area (Å²) in [6, 6.07) is 0. The average molecular weight is 246 g/mol. The van der Waals surface area contributed by atoms with Gasteiger partial charge in [-0.15, -0.1) is 0 Å². The van der Waals surface area contributed by atoms with Gasteiger partial charge < -0.3 is 34.6 Å². The van der Waals surface area contributed by atoms with Crippen LogP contribution in [-0.4, -0.2) is 51.1 Å². The molecule has 0 bridgehead atoms. The van der Waals surface area contributed by atoms with Crippen molar-refractivity contribution < 1.29 is 41.6 Å². The van der Waals surface area contributed by atoms with Crippen LogP contribution in [0.1, 0.15) is 0 Å². The summed E-state index contributed by atoms with van der Waals surface area (Å²) in [6.07, 6.45) is 0. The minimum absolute atomic E-state index is 0. The van der Waals surface area contributed by atoms with Crippen molar-refractivity contribution in [2.75, 3.05) is 41.3 Å². The molecule has 0 unspecified atom stereocenters. The molecular formula is C6H16Cl2CoN2.